The van der Waals surface area contributed by atoms with Crippen LogP contribution in [0.4, 0.5) is 11.4 Å². The van der Waals surface area contributed by atoms with Crippen LogP contribution in [-0.4, -0.2) is 55.4 Å². The van der Waals surface area contributed by atoms with Gasteiger partial charge >= 0.3 is 0 Å². The number of anilines is 1. The van der Waals surface area contributed by atoms with E-state index in [2.05, 4.69) is 5.32 Å². The molecule has 1 N–H and O–H groups in total. The van der Waals surface area contributed by atoms with Crippen molar-refractivity contribution in [2.45, 2.75) is 52.6 Å². The van der Waals surface area contributed by atoms with Crippen LogP contribution in [0.15, 0.2) is 36.4 Å². The summed E-state index contributed by atoms with van der Waals surface area (Å²) >= 11 is 12.2. The van der Waals surface area contributed by atoms with Crippen molar-refractivity contribution in [2.24, 2.45) is 0 Å². The van der Waals surface area contributed by atoms with Crippen LogP contribution in [0, 0.1) is 17.0 Å². The van der Waals surface area contributed by atoms with E-state index in [0.717, 1.165) is 29.5 Å². The molecule has 0 bridgehead atoms. The molecule has 13 heteroatoms. The fourth-order valence-electron chi connectivity index (χ4n) is 3.84. The fraction of sp³-hybridized carbons (Fsp3) is 0.440. The number of halogens is 2. The molecule has 0 aromatic heterocycles. The number of unbranched alkanes of at least 4 members (excludes halogenated alkanes) is 1. The number of hydrogen-bond acceptors (Lipinski definition) is 6. The SMILES string of the molecule is CCCCNC(=O)C(CC)N(Cc1ccc(Cl)c(Cl)c1)C(=O)CN(c1cc([N+](=O)[O-])ccc1C)S(C)(=O)=O. The molecular formula is C25H32Cl2N4O6S. The molecule has 38 heavy (non-hydrogen) atoms. The number of nitrogens with one attached hydrogen (secondary N) is 1. The van der Waals surface area contributed by atoms with Crippen LogP contribution in [0.1, 0.15) is 44.2 Å². The van der Waals surface area contributed by atoms with Gasteiger partial charge in [0.25, 0.3) is 5.69 Å². The van der Waals surface area contributed by atoms with E-state index in [1.54, 1.807) is 32.0 Å². The van der Waals surface area contributed by atoms with Crippen LogP contribution < -0.4 is 9.62 Å². The monoisotopic (exact) mass is 586 g/mol. The largest absolute Gasteiger partial charge is 0.354 e. The molecule has 1 unspecified atom stereocenters. The number of nitro groups is 1. The van der Waals surface area contributed by atoms with Crippen molar-refractivity contribution < 1.29 is 22.9 Å². The lowest BCUT2D eigenvalue weighted by atomic mass is 10.1. The van der Waals surface area contributed by atoms with Gasteiger partial charge in [-0.2, -0.15) is 0 Å². The van der Waals surface area contributed by atoms with Crippen LogP contribution in [0.2, 0.25) is 10.0 Å². The lowest BCUT2D eigenvalue weighted by molar-refractivity contribution is -0.384. The van der Waals surface area contributed by atoms with Gasteiger partial charge in [0.05, 0.1) is 26.9 Å². The average molecular weight is 588 g/mol. The van der Waals surface area contributed by atoms with Crippen molar-refractivity contribution in [3.63, 3.8) is 0 Å². The number of carbonyl (C=O) groups excluding carboxylic acids is 2. The minimum atomic E-state index is -4.04. The Balaban J connectivity index is 2.52. The number of nitrogens with zero attached hydrogens (tertiary/aromatic N) is 3. The molecule has 1 atom stereocenters. The van der Waals surface area contributed by atoms with Gasteiger partial charge in [-0.05, 0) is 43.0 Å². The van der Waals surface area contributed by atoms with E-state index in [4.69, 9.17) is 23.2 Å². The Morgan fingerprint density at radius 3 is 2.34 bits per heavy atom. The first-order valence-electron chi connectivity index (χ1n) is 12.0. The van der Waals surface area contributed by atoms with Gasteiger partial charge in [0.2, 0.25) is 21.8 Å². The zero-order valence-corrected chi connectivity index (χ0v) is 24.1. The molecule has 2 aromatic carbocycles. The van der Waals surface area contributed by atoms with Gasteiger partial charge in [0, 0.05) is 25.2 Å². The summed E-state index contributed by atoms with van der Waals surface area (Å²) in [6.45, 7) is 5.05. The van der Waals surface area contributed by atoms with Crippen molar-refractivity contribution in [1.29, 1.82) is 0 Å². The second kappa shape index (κ2) is 13.8. The zero-order valence-electron chi connectivity index (χ0n) is 21.7. The topological polar surface area (TPSA) is 130 Å². The Bertz CT molecular complexity index is 1290. The molecule has 0 aliphatic carbocycles. The number of aryl methyl sites for hydroxylation is 1. The highest BCUT2D eigenvalue weighted by Crippen LogP contribution is 2.28. The normalized spacial score (nSPS) is 12.1. The summed E-state index contributed by atoms with van der Waals surface area (Å²) in [4.78, 5) is 38.8. The molecule has 0 aliphatic rings. The summed E-state index contributed by atoms with van der Waals surface area (Å²) in [7, 11) is -4.04. The van der Waals surface area contributed by atoms with Gasteiger partial charge < -0.3 is 10.2 Å². The maximum absolute atomic E-state index is 13.7. The molecule has 2 rings (SSSR count). The highest BCUT2D eigenvalue weighted by atomic mass is 35.5. The van der Waals surface area contributed by atoms with E-state index in [1.165, 1.54) is 17.0 Å². The Kier molecular flexibility index (Phi) is 11.4. The Morgan fingerprint density at radius 2 is 1.79 bits per heavy atom. The highest BCUT2D eigenvalue weighted by molar-refractivity contribution is 7.92. The quantitative estimate of drug-likeness (QED) is 0.206. The number of nitro benzene ring substituents is 1. The first kappa shape index (κ1) is 31.3. The van der Waals surface area contributed by atoms with E-state index in [-0.39, 0.29) is 35.3 Å². The second-order valence-electron chi connectivity index (χ2n) is 8.84. The molecule has 0 radical (unpaired) electrons. The van der Waals surface area contributed by atoms with Crippen molar-refractivity contribution >= 4 is 56.4 Å². The highest BCUT2D eigenvalue weighted by Gasteiger charge is 2.32. The lowest BCUT2D eigenvalue weighted by Crippen LogP contribution is -2.52. The standard InChI is InChI=1S/C25H32Cl2N4O6S/c1-5-7-12-28-25(33)22(6-2)29(15-18-9-11-20(26)21(27)13-18)24(32)16-30(38(4,36)37)23-14-19(31(34)35)10-8-17(23)3/h8-11,13-14,22H,5-7,12,15-16H2,1-4H3,(H,28,33). The second-order valence-corrected chi connectivity index (χ2v) is 11.6. The molecule has 2 aromatic rings. The first-order valence-corrected chi connectivity index (χ1v) is 14.6. The molecule has 0 fully saturated rings. The van der Waals surface area contributed by atoms with Crippen LogP contribution in [0.3, 0.4) is 0 Å². The minimum absolute atomic E-state index is 0.00461. The van der Waals surface area contributed by atoms with Gasteiger partial charge in [0.1, 0.15) is 12.6 Å². The van der Waals surface area contributed by atoms with Crippen molar-refractivity contribution in [3.05, 3.63) is 67.7 Å². The number of benzene rings is 2. The lowest BCUT2D eigenvalue weighted by Gasteiger charge is -2.33. The molecule has 0 saturated carbocycles. The number of carbonyl (C=O) groups is 2. The van der Waals surface area contributed by atoms with Gasteiger partial charge in [-0.25, -0.2) is 8.42 Å². The first-order chi connectivity index (χ1) is 17.8. The maximum atomic E-state index is 13.7. The molecule has 0 heterocycles. The summed E-state index contributed by atoms with van der Waals surface area (Å²) in [5, 5.41) is 14.8. The van der Waals surface area contributed by atoms with Crippen molar-refractivity contribution in [3.8, 4) is 0 Å². The zero-order chi connectivity index (χ0) is 28.6. The Labute approximate surface area is 233 Å². The predicted octanol–water partition coefficient (Wildman–Crippen LogP) is 4.70. The maximum Gasteiger partial charge on any atom is 0.271 e. The molecule has 0 aliphatic heterocycles. The molecule has 0 saturated heterocycles. The van der Waals surface area contributed by atoms with Gasteiger partial charge in [-0.1, -0.05) is 55.6 Å². The van der Waals surface area contributed by atoms with E-state index < -0.39 is 33.4 Å². The van der Waals surface area contributed by atoms with Crippen LogP contribution in [0.25, 0.3) is 0 Å². The molecule has 10 nitrogen and oxygen atoms in total. The van der Waals surface area contributed by atoms with Crippen molar-refractivity contribution in [2.75, 3.05) is 23.7 Å². The van der Waals surface area contributed by atoms with Gasteiger partial charge in [-0.3, -0.25) is 24.0 Å². The summed E-state index contributed by atoms with van der Waals surface area (Å²) in [6.07, 6.45) is 2.81. The number of non-ortho nitro benzene ring substituents is 1. The van der Waals surface area contributed by atoms with E-state index in [9.17, 15) is 28.1 Å². The summed E-state index contributed by atoms with van der Waals surface area (Å²) in [6, 6.07) is 7.69. The van der Waals surface area contributed by atoms with Gasteiger partial charge in [0.15, 0.2) is 0 Å². The van der Waals surface area contributed by atoms with Crippen LogP contribution in [-0.2, 0) is 26.2 Å². The summed E-state index contributed by atoms with van der Waals surface area (Å²) in [5.74, 6) is -1.03. The number of rotatable bonds is 13. The smallest absolute Gasteiger partial charge is 0.271 e. The molecule has 208 valence electrons. The molecule has 2 amide bonds. The third-order valence-corrected chi connectivity index (χ3v) is 7.77. The minimum Gasteiger partial charge on any atom is -0.354 e. The van der Waals surface area contributed by atoms with E-state index in [0.29, 0.717) is 22.7 Å². The number of hydrogen-bond donors (Lipinski definition) is 1. The van der Waals surface area contributed by atoms with Crippen molar-refractivity contribution in [1.82, 2.24) is 10.2 Å². The number of amides is 2. The third kappa shape index (κ3) is 8.31. The Hall–Kier alpha value is -2.89. The fourth-order valence-corrected chi connectivity index (χ4v) is 5.05. The number of sulfonamides is 1. The molecular weight excluding hydrogens is 555 g/mol. The van der Waals surface area contributed by atoms with E-state index in [1.807, 2.05) is 6.92 Å². The van der Waals surface area contributed by atoms with Crippen LogP contribution >= 0.6 is 23.2 Å². The Morgan fingerprint density at radius 1 is 1.11 bits per heavy atom. The average Bonchev–Trinajstić information content (AvgIpc) is 2.84. The third-order valence-electron chi connectivity index (χ3n) is 5.90. The summed E-state index contributed by atoms with van der Waals surface area (Å²) in [5.41, 5.74) is 0.699. The van der Waals surface area contributed by atoms with E-state index >= 15 is 0 Å². The van der Waals surface area contributed by atoms with Gasteiger partial charge in [-0.15, -0.1) is 0 Å². The summed E-state index contributed by atoms with van der Waals surface area (Å²) < 4.78 is 26.4. The molecule has 0 spiro atoms. The van der Waals surface area contributed by atoms with Crippen LogP contribution in [0.5, 0.6) is 0 Å². The predicted molar refractivity (Wildman–Crippen MR) is 149 cm³/mol.